The maximum absolute atomic E-state index is 3.40. The second kappa shape index (κ2) is 5.98. The van der Waals surface area contributed by atoms with Crippen molar-refractivity contribution in [2.75, 3.05) is 14.1 Å². The Morgan fingerprint density at radius 3 is 2.14 bits per heavy atom. The molecule has 3 rings (SSSR count). The molecule has 1 aromatic heterocycles. The van der Waals surface area contributed by atoms with Gasteiger partial charge in [0.05, 0.1) is 6.04 Å². The standard InChI is InChI=1S/C20H24N2/c1-14(2)15-9-11-16(12-10-15)20(22(3)4)18-13-21-19-8-6-5-7-17(18)19/h5-14,20-21H,1-4H3. The molecule has 0 saturated heterocycles. The second-order valence-electron chi connectivity index (χ2n) is 6.48. The smallest absolute Gasteiger partial charge is 0.0617 e. The van der Waals surface area contributed by atoms with E-state index in [9.17, 15) is 0 Å². The average Bonchev–Trinajstić information content (AvgIpc) is 2.92. The van der Waals surface area contributed by atoms with Crippen molar-refractivity contribution in [1.82, 2.24) is 9.88 Å². The van der Waals surface area contributed by atoms with E-state index < -0.39 is 0 Å². The minimum atomic E-state index is 0.261. The molecule has 0 aliphatic carbocycles. The highest BCUT2D eigenvalue weighted by atomic mass is 15.1. The molecule has 0 aliphatic rings. The van der Waals surface area contributed by atoms with E-state index in [0.717, 1.165) is 0 Å². The first kappa shape index (κ1) is 14.9. The minimum Gasteiger partial charge on any atom is -0.361 e. The highest BCUT2D eigenvalue weighted by Gasteiger charge is 2.20. The van der Waals surface area contributed by atoms with Crippen LogP contribution in [0.25, 0.3) is 10.9 Å². The molecular formula is C20H24N2. The van der Waals surface area contributed by atoms with Gasteiger partial charge in [-0.05, 0) is 42.8 Å². The average molecular weight is 292 g/mol. The molecule has 0 fully saturated rings. The van der Waals surface area contributed by atoms with Gasteiger partial charge in [-0.25, -0.2) is 0 Å². The van der Waals surface area contributed by atoms with Gasteiger partial charge in [0.25, 0.3) is 0 Å². The SMILES string of the molecule is CC(C)c1ccc(C(c2c[nH]c3ccccc23)N(C)C)cc1. The lowest BCUT2D eigenvalue weighted by Gasteiger charge is -2.25. The number of hydrogen-bond acceptors (Lipinski definition) is 1. The predicted octanol–water partition coefficient (Wildman–Crippen LogP) is 4.94. The molecule has 0 bridgehead atoms. The number of fused-ring (bicyclic) bond motifs is 1. The summed E-state index contributed by atoms with van der Waals surface area (Å²) in [6.45, 7) is 4.47. The largest absolute Gasteiger partial charge is 0.361 e. The number of H-pyrrole nitrogens is 1. The van der Waals surface area contributed by atoms with Crippen molar-refractivity contribution in [2.45, 2.75) is 25.8 Å². The summed E-state index contributed by atoms with van der Waals surface area (Å²) in [7, 11) is 4.28. The van der Waals surface area contributed by atoms with Crippen LogP contribution >= 0.6 is 0 Å². The number of para-hydroxylation sites is 1. The highest BCUT2D eigenvalue weighted by molar-refractivity contribution is 5.84. The maximum Gasteiger partial charge on any atom is 0.0617 e. The van der Waals surface area contributed by atoms with Crippen LogP contribution in [0.1, 0.15) is 42.5 Å². The third-order valence-corrected chi connectivity index (χ3v) is 4.35. The van der Waals surface area contributed by atoms with Gasteiger partial charge in [0.2, 0.25) is 0 Å². The van der Waals surface area contributed by atoms with Crippen LogP contribution in [0.3, 0.4) is 0 Å². The van der Waals surface area contributed by atoms with E-state index in [0.29, 0.717) is 5.92 Å². The number of aromatic amines is 1. The monoisotopic (exact) mass is 292 g/mol. The van der Waals surface area contributed by atoms with Crippen LogP contribution in [0.5, 0.6) is 0 Å². The summed E-state index contributed by atoms with van der Waals surface area (Å²) in [6, 6.07) is 17.8. The summed E-state index contributed by atoms with van der Waals surface area (Å²) in [5, 5.41) is 1.30. The zero-order valence-corrected chi connectivity index (χ0v) is 13.8. The van der Waals surface area contributed by atoms with E-state index >= 15 is 0 Å². The summed E-state index contributed by atoms with van der Waals surface area (Å²) < 4.78 is 0. The van der Waals surface area contributed by atoms with E-state index in [-0.39, 0.29) is 6.04 Å². The lowest BCUT2D eigenvalue weighted by atomic mass is 9.94. The van der Waals surface area contributed by atoms with Gasteiger partial charge in [0, 0.05) is 17.1 Å². The first-order valence-corrected chi connectivity index (χ1v) is 7.90. The molecule has 0 spiro atoms. The molecule has 1 unspecified atom stereocenters. The molecule has 0 aliphatic heterocycles. The Bertz CT molecular complexity index is 751. The quantitative estimate of drug-likeness (QED) is 0.721. The molecule has 114 valence electrons. The van der Waals surface area contributed by atoms with E-state index in [4.69, 9.17) is 0 Å². The lowest BCUT2D eigenvalue weighted by Crippen LogP contribution is -2.20. The van der Waals surface area contributed by atoms with Crippen LogP contribution in [-0.4, -0.2) is 24.0 Å². The Balaban J connectivity index is 2.06. The predicted molar refractivity (Wildman–Crippen MR) is 94.4 cm³/mol. The molecule has 1 atom stereocenters. The van der Waals surface area contributed by atoms with Crippen molar-refractivity contribution in [3.63, 3.8) is 0 Å². The topological polar surface area (TPSA) is 19.0 Å². The number of benzene rings is 2. The second-order valence-corrected chi connectivity index (χ2v) is 6.48. The number of nitrogens with one attached hydrogen (secondary N) is 1. The third-order valence-electron chi connectivity index (χ3n) is 4.35. The van der Waals surface area contributed by atoms with Gasteiger partial charge in [-0.1, -0.05) is 56.3 Å². The van der Waals surface area contributed by atoms with Gasteiger partial charge in [-0.15, -0.1) is 0 Å². The van der Waals surface area contributed by atoms with Gasteiger partial charge in [0.1, 0.15) is 0 Å². The maximum atomic E-state index is 3.40. The van der Waals surface area contributed by atoms with Crippen LogP contribution in [0.15, 0.2) is 54.7 Å². The lowest BCUT2D eigenvalue weighted by molar-refractivity contribution is 0.344. The fourth-order valence-corrected chi connectivity index (χ4v) is 3.14. The van der Waals surface area contributed by atoms with Crippen molar-refractivity contribution in [1.29, 1.82) is 0 Å². The van der Waals surface area contributed by atoms with Crippen molar-refractivity contribution < 1.29 is 0 Å². The van der Waals surface area contributed by atoms with Crippen LogP contribution in [0.4, 0.5) is 0 Å². The number of rotatable bonds is 4. The van der Waals surface area contributed by atoms with E-state index in [2.05, 4.69) is 92.6 Å². The number of hydrogen-bond donors (Lipinski definition) is 1. The summed E-state index contributed by atoms with van der Waals surface area (Å²) in [5.41, 5.74) is 5.25. The fraction of sp³-hybridized carbons (Fsp3) is 0.300. The van der Waals surface area contributed by atoms with Gasteiger partial charge < -0.3 is 4.98 Å². The Hall–Kier alpha value is -2.06. The molecule has 0 radical (unpaired) electrons. The fourth-order valence-electron chi connectivity index (χ4n) is 3.14. The van der Waals surface area contributed by atoms with Crippen molar-refractivity contribution in [3.05, 3.63) is 71.4 Å². The van der Waals surface area contributed by atoms with Gasteiger partial charge in [0.15, 0.2) is 0 Å². The van der Waals surface area contributed by atoms with Gasteiger partial charge >= 0.3 is 0 Å². The Morgan fingerprint density at radius 2 is 1.50 bits per heavy atom. The molecule has 3 aromatic rings. The van der Waals surface area contributed by atoms with Crippen LogP contribution in [0.2, 0.25) is 0 Å². The first-order valence-electron chi connectivity index (χ1n) is 7.90. The summed E-state index contributed by atoms with van der Waals surface area (Å²) in [6.07, 6.45) is 2.14. The van der Waals surface area contributed by atoms with E-state index in [1.807, 2.05) is 0 Å². The third kappa shape index (κ3) is 2.67. The molecule has 2 aromatic carbocycles. The molecule has 1 heterocycles. The number of nitrogens with zero attached hydrogens (tertiary/aromatic N) is 1. The normalized spacial score (nSPS) is 13.2. The highest BCUT2D eigenvalue weighted by Crippen LogP contribution is 2.32. The van der Waals surface area contributed by atoms with Crippen LogP contribution in [-0.2, 0) is 0 Å². The van der Waals surface area contributed by atoms with Gasteiger partial charge in [-0.3, -0.25) is 4.90 Å². The molecule has 2 heteroatoms. The Morgan fingerprint density at radius 1 is 0.864 bits per heavy atom. The zero-order chi connectivity index (χ0) is 15.7. The number of aromatic nitrogens is 1. The molecule has 22 heavy (non-hydrogen) atoms. The minimum absolute atomic E-state index is 0.261. The first-order chi connectivity index (χ1) is 10.6. The van der Waals surface area contributed by atoms with Crippen molar-refractivity contribution in [2.24, 2.45) is 0 Å². The van der Waals surface area contributed by atoms with Gasteiger partial charge in [-0.2, -0.15) is 0 Å². The molecular weight excluding hydrogens is 268 g/mol. The van der Waals surface area contributed by atoms with E-state index in [1.54, 1.807) is 0 Å². The zero-order valence-electron chi connectivity index (χ0n) is 13.8. The van der Waals surface area contributed by atoms with Crippen LogP contribution in [0, 0.1) is 0 Å². The molecule has 1 N–H and O–H groups in total. The van der Waals surface area contributed by atoms with Crippen molar-refractivity contribution >= 4 is 10.9 Å². The van der Waals surface area contributed by atoms with Crippen molar-refractivity contribution in [3.8, 4) is 0 Å². The summed E-state index contributed by atoms with van der Waals surface area (Å²) >= 11 is 0. The van der Waals surface area contributed by atoms with Crippen LogP contribution < -0.4 is 0 Å². The molecule has 2 nitrogen and oxygen atoms in total. The molecule has 0 saturated carbocycles. The van der Waals surface area contributed by atoms with E-state index in [1.165, 1.54) is 27.6 Å². The summed E-state index contributed by atoms with van der Waals surface area (Å²) in [5.74, 6) is 0.569. The molecule has 0 amide bonds. The Labute approximate surface area is 132 Å². The Kier molecular flexibility index (Phi) is 4.04. The summed E-state index contributed by atoms with van der Waals surface area (Å²) in [4.78, 5) is 5.67.